The van der Waals surface area contributed by atoms with Gasteiger partial charge in [0.25, 0.3) is 10.0 Å². The average molecular weight is 325 g/mol. The highest BCUT2D eigenvalue weighted by molar-refractivity contribution is 7.89. The molecular weight excluding hydrogens is 308 g/mol. The third-order valence-electron chi connectivity index (χ3n) is 3.18. The van der Waals surface area contributed by atoms with Crippen molar-refractivity contribution in [1.29, 1.82) is 0 Å². The zero-order valence-corrected chi connectivity index (χ0v) is 13.3. The van der Waals surface area contributed by atoms with E-state index in [1.54, 1.807) is 13.1 Å². The predicted octanol–water partition coefficient (Wildman–Crippen LogP) is 2.68. The lowest BCUT2D eigenvalue weighted by Crippen LogP contribution is -2.29. The first kappa shape index (κ1) is 15.9. The van der Waals surface area contributed by atoms with E-state index in [0.29, 0.717) is 18.8 Å². The zero-order chi connectivity index (χ0) is 15.3. The lowest BCUT2D eigenvalue weighted by atomic mass is 10.2. The summed E-state index contributed by atoms with van der Waals surface area (Å²) in [6.45, 7) is 0.408. The van der Waals surface area contributed by atoms with Crippen molar-refractivity contribution >= 4 is 21.6 Å². The molecule has 1 aromatic heterocycles. The maximum absolute atomic E-state index is 12.4. The van der Waals surface area contributed by atoms with Crippen LogP contribution >= 0.6 is 11.6 Å². The molecule has 2 aromatic rings. The molecule has 0 aliphatic heterocycles. The van der Waals surface area contributed by atoms with Crippen LogP contribution in [0.15, 0.2) is 53.7 Å². The van der Waals surface area contributed by atoms with Crippen LogP contribution in [0.2, 0.25) is 0 Å². The van der Waals surface area contributed by atoms with E-state index in [2.05, 4.69) is 4.98 Å². The molecule has 0 fully saturated rings. The van der Waals surface area contributed by atoms with Gasteiger partial charge in [0.2, 0.25) is 0 Å². The minimum atomic E-state index is -3.55. The molecule has 0 aliphatic rings. The number of aromatic nitrogens is 1. The summed E-state index contributed by atoms with van der Waals surface area (Å²) in [5.74, 6) is 0.317. The van der Waals surface area contributed by atoms with Crippen LogP contribution in [0.25, 0.3) is 0 Å². The van der Waals surface area contributed by atoms with Gasteiger partial charge >= 0.3 is 0 Å². The summed E-state index contributed by atoms with van der Waals surface area (Å²) in [6, 6.07) is 12.9. The van der Waals surface area contributed by atoms with Crippen LogP contribution in [0.3, 0.4) is 0 Å². The first-order valence-corrected chi connectivity index (χ1v) is 8.52. The van der Waals surface area contributed by atoms with Crippen LogP contribution in [-0.4, -0.2) is 31.3 Å². The SMILES string of the molecule is CN(CCc1ccccc1)S(=O)(=O)c1ccc(CCl)cn1. The maximum atomic E-state index is 12.4. The number of hydrogen-bond acceptors (Lipinski definition) is 3. The van der Waals surface area contributed by atoms with Crippen molar-refractivity contribution in [2.75, 3.05) is 13.6 Å². The number of benzene rings is 1. The average Bonchev–Trinajstić information content (AvgIpc) is 2.53. The number of pyridine rings is 1. The Hall–Kier alpha value is -1.43. The van der Waals surface area contributed by atoms with Gasteiger partial charge in [-0.15, -0.1) is 11.6 Å². The van der Waals surface area contributed by atoms with Gasteiger partial charge in [0, 0.05) is 25.7 Å². The van der Waals surface area contributed by atoms with E-state index in [1.165, 1.54) is 16.6 Å². The predicted molar refractivity (Wildman–Crippen MR) is 83.8 cm³/mol. The van der Waals surface area contributed by atoms with E-state index in [9.17, 15) is 8.42 Å². The fourth-order valence-corrected chi connectivity index (χ4v) is 3.09. The first-order valence-electron chi connectivity index (χ1n) is 6.55. The van der Waals surface area contributed by atoms with Gasteiger partial charge in [-0.05, 0) is 23.6 Å². The molecule has 0 atom stereocenters. The molecule has 0 saturated heterocycles. The van der Waals surface area contributed by atoms with E-state index >= 15 is 0 Å². The smallest absolute Gasteiger partial charge is 0.243 e. The summed E-state index contributed by atoms with van der Waals surface area (Å²) in [5.41, 5.74) is 1.90. The molecule has 1 heterocycles. The summed E-state index contributed by atoms with van der Waals surface area (Å²) in [4.78, 5) is 3.98. The van der Waals surface area contributed by atoms with Gasteiger partial charge in [0.05, 0.1) is 0 Å². The maximum Gasteiger partial charge on any atom is 0.260 e. The Kier molecular flexibility index (Phi) is 5.33. The molecule has 4 nitrogen and oxygen atoms in total. The fourth-order valence-electron chi connectivity index (χ4n) is 1.85. The number of hydrogen-bond donors (Lipinski definition) is 0. The molecule has 0 spiro atoms. The van der Waals surface area contributed by atoms with E-state index in [4.69, 9.17) is 11.6 Å². The molecule has 0 amide bonds. The van der Waals surface area contributed by atoms with Crippen LogP contribution < -0.4 is 0 Å². The van der Waals surface area contributed by atoms with Crippen molar-refractivity contribution in [3.63, 3.8) is 0 Å². The number of likely N-dealkylation sites (N-methyl/N-ethyl adjacent to an activating group) is 1. The Balaban J connectivity index is 2.07. The molecule has 2 rings (SSSR count). The lowest BCUT2D eigenvalue weighted by molar-refractivity contribution is 0.469. The third-order valence-corrected chi connectivity index (χ3v) is 5.27. The van der Waals surface area contributed by atoms with Gasteiger partial charge in [-0.3, -0.25) is 0 Å². The highest BCUT2D eigenvalue weighted by Gasteiger charge is 2.21. The molecule has 0 saturated carbocycles. The quantitative estimate of drug-likeness (QED) is 0.768. The summed E-state index contributed by atoms with van der Waals surface area (Å²) in [6.07, 6.45) is 2.15. The second-order valence-electron chi connectivity index (χ2n) is 4.70. The number of alkyl halides is 1. The van der Waals surface area contributed by atoms with Crippen molar-refractivity contribution in [2.45, 2.75) is 17.3 Å². The van der Waals surface area contributed by atoms with Crippen molar-refractivity contribution in [2.24, 2.45) is 0 Å². The number of rotatable bonds is 6. The largest absolute Gasteiger partial charge is 0.260 e. The minimum Gasteiger partial charge on any atom is -0.243 e. The Morgan fingerprint density at radius 1 is 1.10 bits per heavy atom. The van der Waals surface area contributed by atoms with Gasteiger partial charge in [-0.1, -0.05) is 36.4 Å². The van der Waals surface area contributed by atoms with Crippen LogP contribution in [0.5, 0.6) is 0 Å². The Bertz CT molecular complexity index is 673. The van der Waals surface area contributed by atoms with Crippen LogP contribution in [0.4, 0.5) is 0 Å². The van der Waals surface area contributed by atoms with E-state index < -0.39 is 10.0 Å². The number of nitrogens with zero attached hydrogens (tertiary/aromatic N) is 2. The highest BCUT2D eigenvalue weighted by Crippen LogP contribution is 2.13. The minimum absolute atomic E-state index is 0.0481. The van der Waals surface area contributed by atoms with Gasteiger partial charge in [-0.2, -0.15) is 4.31 Å². The van der Waals surface area contributed by atoms with E-state index in [0.717, 1.165) is 11.1 Å². The van der Waals surface area contributed by atoms with Crippen LogP contribution in [0, 0.1) is 0 Å². The van der Waals surface area contributed by atoms with Crippen molar-refractivity contribution in [1.82, 2.24) is 9.29 Å². The summed E-state index contributed by atoms with van der Waals surface area (Å²) in [5, 5.41) is 0.0481. The number of halogens is 1. The topological polar surface area (TPSA) is 50.3 Å². The Morgan fingerprint density at radius 2 is 1.81 bits per heavy atom. The second kappa shape index (κ2) is 7.02. The Labute approximate surface area is 130 Å². The van der Waals surface area contributed by atoms with Crippen molar-refractivity contribution < 1.29 is 8.42 Å². The van der Waals surface area contributed by atoms with Gasteiger partial charge in [-0.25, -0.2) is 13.4 Å². The molecule has 0 radical (unpaired) electrons. The molecular formula is C15H17ClN2O2S. The summed E-state index contributed by atoms with van der Waals surface area (Å²) in [7, 11) is -1.99. The van der Waals surface area contributed by atoms with Crippen molar-refractivity contribution in [3.8, 4) is 0 Å². The molecule has 112 valence electrons. The van der Waals surface area contributed by atoms with Crippen LogP contribution in [-0.2, 0) is 22.3 Å². The molecule has 0 bridgehead atoms. The summed E-state index contributed by atoms with van der Waals surface area (Å²) >= 11 is 5.67. The Morgan fingerprint density at radius 3 is 2.38 bits per heavy atom. The van der Waals surface area contributed by atoms with Gasteiger partial charge in [0.15, 0.2) is 5.03 Å². The van der Waals surface area contributed by atoms with E-state index in [-0.39, 0.29) is 5.03 Å². The molecule has 1 aromatic carbocycles. The van der Waals surface area contributed by atoms with Gasteiger partial charge < -0.3 is 0 Å². The summed E-state index contributed by atoms with van der Waals surface area (Å²) < 4.78 is 26.1. The molecule has 6 heteroatoms. The number of sulfonamides is 1. The first-order chi connectivity index (χ1) is 10.0. The normalized spacial score (nSPS) is 11.8. The second-order valence-corrected chi connectivity index (χ2v) is 6.96. The zero-order valence-electron chi connectivity index (χ0n) is 11.7. The van der Waals surface area contributed by atoms with Crippen molar-refractivity contribution in [3.05, 3.63) is 59.8 Å². The molecule has 0 unspecified atom stereocenters. The molecule has 21 heavy (non-hydrogen) atoms. The molecule has 0 N–H and O–H groups in total. The molecule has 0 aliphatic carbocycles. The monoisotopic (exact) mass is 324 g/mol. The van der Waals surface area contributed by atoms with Crippen LogP contribution in [0.1, 0.15) is 11.1 Å². The highest BCUT2D eigenvalue weighted by atomic mass is 35.5. The lowest BCUT2D eigenvalue weighted by Gasteiger charge is -2.16. The third kappa shape index (κ3) is 4.03. The van der Waals surface area contributed by atoms with Gasteiger partial charge in [0.1, 0.15) is 0 Å². The fraction of sp³-hybridized carbons (Fsp3) is 0.267. The van der Waals surface area contributed by atoms with E-state index in [1.807, 2.05) is 30.3 Å². The standard InChI is InChI=1S/C15H17ClN2O2S/c1-18(10-9-13-5-3-2-4-6-13)21(19,20)15-8-7-14(11-16)12-17-15/h2-8,12H,9-11H2,1H3.